The third kappa shape index (κ3) is 5.17. The van der Waals surface area contributed by atoms with Crippen LogP contribution in [0.3, 0.4) is 0 Å². The zero-order chi connectivity index (χ0) is 19.1. The molecule has 1 saturated heterocycles. The summed E-state index contributed by atoms with van der Waals surface area (Å²) in [6, 6.07) is 19.6. The minimum atomic E-state index is -0.503. The number of rotatable bonds is 7. The van der Waals surface area contributed by atoms with Gasteiger partial charge in [0.1, 0.15) is 6.61 Å². The van der Waals surface area contributed by atoms with Gasteiger partial charge in [0.15, 0.2) is 0 Å². The molecule has 0 aromatic heterocycles. The number of likely N-dealkylation sites (tertiary alicyclic amines) is 1. The van der Waals surface area contributed by atoms with Gasteiger partial charge in [0.2, 0.25) is 0 Å². The molecular formula is C22H25NO4. The van der Waals surface area contributed by atoms with E-state index in [9.17, 15) is 9.59 Å². The maximum Gasteiger partial charge on any atom is 0.311 e. The molecule has 0 spiro atoms. The number of esters is 2. The van der Waals surface area contributed by atoms with Crippen molar-refractivity contribution in [3.63, 3.8) is 0 Å². The molecule has 0 bridgehead atoms. The summed E-state index contributed by atoms with van der Waals surface area (Å²) in [6.45, 7) is 3.98. The maximum absolute atomic E-state index is 12.7. The Balaban J connectivity index is 1.65. The molecule has 1 aliphatic heterocycles. The minimum absolute atomic E-state index is 0.213. The first-order chi connectivity index (χ1) is 13.2. The molecule has 5 heteroatoms. The Kier molecular flexibility index (Phi) is 6.60. The van der Waals surface area contributed by atoms with Crippen LogP contribution >= 0.6 is 0 Å². The summed E-state index contributed by atoms with van der Waals surface area (Å²) < 4.78 is 10.7. The second-order valence-corrected chi connectivity index (χ2v) is 6.74. The van der Waals surface area contributed by atoms with Crippen molar-refractivity contribution in [2.45, 2.75) is 20.1 Å². The normalized spacial score (nSPS) is 19.6. The van der Waals surface area contributed by atoms with Crippen molar-refractivity contribution in [1.82, 2.24) is 4.90 Å². The van der Waals surface area contributed by atoms with Gasteiger partial charge < -0.3 is 9.47 Å². The number of ether oxygens (including phenoxy) is 2. The fourth-order valence-electron chi connectivity index (χ4n) is 3.42. The molecule has 0 amide bonds. The van der Waals surface area contributed by atoms with E-state index < -0.39 is 11.8 Å². The van der Waals surface area contributed by atoms with E-state index >= 15 is 0 Å². The Morgan fingerprint density at radius 3 is 1.93 bits per heavy atom. The van der Waals surface area contributed by atoms with E-state index in [2.05, 4.69) is 4.90 Å². The lowest BCUT2D eigenvalue weighted by Gasteiger charge is -2.16. The topological polar surface area (TPSA) is 55.8 Å². The number of carbonyl (C=O) groups is 2. The fourth-order valence-corrected chi connectivity index (χ4v) is 3.42. The Hall–Kier alpha value is -2.66. The van der Waals surface area contributed by atoms with Crippen molar-refractivity contribution in [1.29, 1.82) is 0 Å². The van der Waals surface area contributed by atoms with Gasteiger partial charge in [0, 0.05) is 19.6 Å². The van der Waals surface area contributed by atoms with Crippen molar-refractivity contribution < 1.29 is 19.1 Å². The Morgan fingerprint density at radius 1 is 0.852 bits per heavy atom. The summed E-state index contributed by atoms with van der Waals surface area (Å²) in [5, 5.41) is 0. The third-order valence-electron chi connectivity index (χ3n) is 4.76. The summed E-state index contributed by atoms with van der Waals surface area (Å²) in [7, 11) is 0. The molecule has 0 unspecified atom stereocenters. The number of nitrogens with zero attached hydrogens (tertiary/aromatic N) is 1. The second kappa shape index (κ2) is 9.33. The molecule has 0 radical (unpaired) electrons. The van der Waals surface area contributed by atoms with Crippen LogP contribution in [0.25, 0.3) is 0 Å². The van der Waals surface area contributed by atoms with Crippen molar-refractivity contribution in [3.05, 3.63) is 71.8 Å². The highest BCUT2D eigenvalue weighted by Crippen LogP contribution is 2.27. The van der Waals surface area contributed by atoms with Gasteiger partial charge in [-0.25, -0.2) is 0 Å². The first-order valence-electron chi connectivity index (χ1n) is 9.31. The van der Waals surface area contributed by atoms with Gasteiger partial charge in [-0.3, -0.25) is 14.5 Å². The van der Waals surface area contributed by atoms with E-state index in [0.29, 0.717) is 26.2 Å². The Morgan fingerprint density at radius 2 is 1.37 bits per heavy atom. The van der Waals surface area contributed by atoms with Gasteiger partial charge in [-0.15, -0.1) is 0 Å². The highest BCUT2D eigenvalue weighted by Gasteiger charge is 2.43. The molecule has 1 fully saturated rings. The van der Waals surface area contributed by atoms with Crippen LogP contribution in [0.4, 0.5) is 0 Å². The lowest BCUT2D eigenvalue weighted by molar-refractivity contribution is -0.159. The van der Waals surface area contributed by atoms with Crippen LogP contribution in [-0.2, 0) is 32.2 Å². The quantitative estimate of drug-likeness (QED) is 0.704. The van der Waals surface area contributed by atoms with E-state index in [4.69, 9.17) is 9.47 Å². The zero-order valence-electron chi connectivity index (χ0n) is 15.5. The molecule has 3 rings (SSSR count). The Labute approximate surface area is 159 Å². The van der Waals surface area contributed by atoms with Crippen molar-refractivity contribution in [2.24, 2.45) is 11.8 Å². The average molecular weight is 367 g/mol. The van der Waals surface area contributed by atoms with Crippen molar-refractivity contribution in [3.8, 4) is 0 Å². The molecular weight excluding hydrogens is 342 g/mol. The monoisotopic (exact) mass is 367 g/mol. The predicted octanol–water partition coefficient (Wildman–Crippen LogP) is 3.04. The lowest BCUT2D eigenvalue weighted by Crippen LogP contribution is -2.31. The van der Waals surface area contributed by atoms with Gasteiger partial charge in [-0.05, 0) is 18.1 Å². The summed E-state index contributed by atoms with van der Waals surface area (Å²) in [5.41, 5.74) is 2.08. The summed E-state index contributed by atoms with van der Waals surface area (Å²) >= 11 is 0. The zero-order valence-corrected chi connectivity index (χ0v) is 15.5. The van der Waals surface area contributed by atoms with Crippen LogP contribution in [0.15, 0.2) is 60.7 Å². The van der Waals surface area contributed by atoms with E-state index in [-0.39, 0.29) is 18.5 Å². The highest BCUT2D eigenvalue weighted by atomic mass is 16.5. The van der Waals surface area contributed by atoms with Gasteiger partial charge in [-0.1, -0.05) is 60.7 Å². The number of hydrogen-bond acceptors (Lipinski definition) is 5. The van der Waals surface area contributed by atoms with Gasteiger partial charge in [0.25, 0.3) is 0 Å². The molecule has 5 nitrogen and oxygen atoms in total. The number of carbonyl (C=O) groups excluding carboxylic acids is 2. The van der Waals surface area contributed by atoms with Crippen LogP contribution < -0.4 is 0 Å². The molecule has 0 aliphatic carbocycles. The van der Waals surface area contributed by atoms with Crippen molar-refractivity contribution >= 4 is 11.9 Å². The molecule has 1 heterocycles. The largest absolute Gasteiger partial charge is 0.466 e. The molecule has 2 aromatic carbocycles. The van der Waals surface area contributed by atoms with E-state index in [1.807, 2.05) is 60.7 Å². The minimum Gasteiger partial charge on any atom is -0.466 e. The number of hydrogen-bond donors (Lipinski definition) is 0. The van der Waals surface area contributed by atoms with Gasteiger partial charge in [0.05, 0.1) is 18.4 Å². The van der Waals surface area contributed by atoms with Crippen LogP contribution in [0.5, 0.6) is 0 Å². The third-order valence-corrected chi connectivity index (χ3v) is 4.76. The summed E-state index contributed by atoms with van der Waals surface area (Å²) in [4.78, 5) is 27.2. The van der Waals surface area contributed by atoms with Crippen LogP contribution in [0.1, 0.15) is 18.1 Å². The van der Waals surface area contributed by atoms with E-state index in [1.165, 1.54) is 0 Å². The summed E-state index contributed by atoms with van der Waals surface area (Å²) in [5.74, 6) is -1.66. The van der Waals surface area contributed by atoms with Crippen LogP contribution in [0, 0.1) is 11.8 Å². The van der Waals surface area contributed by atoms with Crippen LogP contribution in [-0.4, -0.2) is 36.5 Å². The molecule has 2 aromatic rings. The standard InChI is InChI=1S/C22H25NO4/c1-2-26-21(24)19-14-23(13-17-9-5-3-6-10-17)15-20(19)22(25)27-16-18-11-7-4-8-12-18/h3-12,19-20H,2,13-16H2,1H3/t19-,20-/m1/s1. The molecule has 142 valence electrons. The summed E-state index contributed by atoms with van der Waals surface area (Å²) in [6.07, 6.45) is 0. The lowest BCUT2D eigenvalue weighted by atomic mass is 9.96. The van der Waals surface area contributed by atoms with Gasteiger partial charge in [-0.2, -0.15) is 0 Å². The molecule has 0 saturated carbocycles. The second-order valence-electron chi connectivity index (χ2n) is 6.74. The van der Waals surface area contributed by atoms with E-state index in [0.717, 1.165) is 11.1 Å². The maximum atomic E-state index is 12.7. The predicted molar refractivity (Wildman–Crippen MR) is 102 cm³/mol. The van der Waals surface area contributed by atoms with Crippen LogP contribution in [0.2, 0.25) is 0 Å². The molecule has 27 heavy (non-hydrogen) atoms. The van der Waals surface area contributed by atoms with Crippen molar-refractivity contribution in [2.75, 3.05) is 19.7 Å². The Bertz CT molecular complexity index is 747. The highest BCUT2D eigenvalue weighted by molar-refractivity contribution is 5.83. The van der Waals surface area contributed by atoms with Gasteiger partial charge >= 0.3 is 11.9 Å². The average Bonchev–Trinajstić information content (AvgIpc) is 3.12. The molecule has 1 aliphatic rings. The fraction of sp³-hybridized carbons (Fsp3) is 0.364. The smallest absolute Gasteiger partial charge is 0.311 e. The first-order valence-corrected chi connectivity index (χ1v) is 9.31. The number of benzene rings is 2. The van der Waals surface area contributed by atoms with E-state index in [1.54, 1.807) is 6.92 Å². The SMILES string of the molecule is CCOC(=O)[C@@H]1CN(Cc2ccccc2)C[C@H]1C(=O)OCc1ccccc1. The molecule has 2 atom stereocenters. The molecule has 0 N–H and O–H groups in total. The first kappa shape index (κ1) is 19.1.